The van der Waals surface area contributed by atoms with E-state index >= 15 is 0 Å². The van der Waals surface area contributed by atoms with Crippen LogP contribution >= 0.6 is 11.8 Å². The third kappa shape index (κ3) is 4.73. The van der Waals surface area contributed by atoms with Gasteiger partial charge in [-0.1, -0.05) is 36.9 Å². The quantitative estimate of drug-likeness (QED) is 0.366. The maximum atomic E-state index is 13.3. The summed E-state index contributed by atoms with van der Waals surface area (Å²) in [6.07, 6.45) is 1.71. The monoisotopic (exact) mass is 454 g/mol. The molecule has 0 saturated heterocycles. The third-order valence-corrected chi connectivity index (χ3v) is 5.27. The predicted octanol–water partition coefficient (Wildman–Crippen LogP) is 2.43. The van der Waals surface area contributed by atoms with Gasteiger partial charge in [0.15, 0.2) is 11.0 Å². The van der Waals surface area contributed by atoms with Crippen molar-refractivity contribution in [3.8, 4) is 11.8 Å². The Hall–Kier alpha value is -3.85. The maximum Gasteiger partial charge on any atom is 0.343 e. The molecule has 3 N–H and O–H groups in total. The fraction of sp³-hybridized carbons (Fsp3) is 0.300. The molecule has 2 aromatic heterocycles. The molecule has 32 heavy (non-hydrogen) atoms. The largest absolute Gasteiger partial charge is 0.462 e. The number of para-hydroxylation sites is 1. The molecule has 3 rings (SSSR count). The zero-order valence-corrected chi connectivity index (χ0v) is 18.4. The molecule has 0 aliphatic carbocycles. The van der Waals surface area contributed by atoms with E-state index in [1.807, 2.05) is 31.2 Å². The molecule has 11 nitrogen and oxygen atoms in total. The molecule has 166 valence electrons. The van der Waals surface area contributed by atoms with Crippen molar-refractivity contribution >= 4 is 35.4 Å². The van der Waals surface area contributed by atoms with Gasteiger partial charge in [-0.25, -0.2) is 9.48 Å². The van der Waals surface area contributed by atoms with Gasteiger partial charge in [-0.3, -0.25) is 9.36 Å². The van der Waals surface area contributed by atoms with Crippen LogP contribution in [0.1, 0.15) is 36.7 Å². The second kappa shape index (κ2) is 10.5. The van der Waals surface area contributed by atoms with E-state index in [1.165, 1.54) is 15.4 Å². The number of hydrogen-bond donors (Lipinski definition) is 2. The van der Waals surface area contributed by atoms with Gasteiger partial charge >= 0.3 is 5.97 Å². The van der Waals surface area contributed by atoms with Crippen molar-refractivity contribution in [3.05, 3.63) is 42.1 Å². The van der Waals surface area contributed by atoms with E-state index in [0.717, 1.165) is 11.8 Å². The number of carbonyl (C=O) groups excluding carboxylic acids is 2. The van der Waals surface area contributed by atoms with Crippen molar-refractivity contribution < 1.29 is 14.3 Å². The van der Waals surface area contributed by atoms with Gasteiger partial charge in [0.25, 0.3) is 0 Å². The van der Waals surface area contributed by atoms with Crippen molar-refractivity contribution in [2.45, 2.75) is 31.5 Å². The predicted molar refractivity (Wildman–Crippen MR) is 118 cm³/mol. The molecule has 1 aromatic carbocycles. The Kier molecular flexibility index (Phi) is 7.45. The van der Waals surface area contributed by atoms with Gasteiger partial charge in [0.05, 0.1) is 30.3 Å². The first kappa shape index (κ1) is 22.8. The van der Waals surface area contributed by atoms with Gasteiger partial charge < -0.3 is 15.8 Å². The number of ether oxygens (including phenoxy) is 1. The first-order valence-corrected chi connectivity index (χ1v) is 10.8. The number of esters is 1. The van der Waals surface area contributed by atoms with E-state index < -0.39 is 17.9 Å². The second-order valence-corrected chi connectivity index (χ2v) is 7.39. The first-order chi connectivity index (χ1) is 15.5. The molecule has 0 fully saturated rings. The number of nitrogens with two attached hydrogens (primary N) is 1. The molecule has 3 aromatic rings. The van der Waals surface area contributed by atoms with Crippen molar-refractivity contribution in [2.24, 2.45) is 0 Å². The summed E-state index contributed by atoms with van der Waals surface area (Å²) in [5, 5.41) is 24.1. The van der Waals surface area contributed by atoms with E-state index in [1.54, 1.807) is 19.1 Å². The lowest BCUT2D eigenvalue weighted by molar-refractivity contribution is -0.119. The molecule has 2 heterocycles. The van der Waals surface area contributed by atoms with E-state index in [4.69, 9.17) is 15.7 Å². The summed E-state index contributed by atoms with van der Waals surface area (Å²) >= 11 is 1.13. The number of thioether (sulfide) groups is 1. The first-order valence-electron chi connectivity index (χ1n) is 9.83. The number of anilines is 2. The number of hydrogen-bond acceptors (Lipinski definition) is 9. The van der Waals surface area contributed by atoms with E-state index in [9.17, 15) is 9.59 Å². The zero-order valence-electron chi connectivity index (χ0n) is 17.6. The van der Waals surface area contributed by atoms with Gasteiger partial charge in [-0.2, -0.15) is 10.4 Å². The summed E-state index contributed by atoms with van der Waals surface area (Å²) in [6, 6.07) is 10.3. The maximum absolute atomic E-state index is 13.3. The topological polar surface area (TPSA) is 154 Å². The zero-order chi connectivity index (χ0) is 23.1. The Morgan fingerprint density at radius 1 is 1.28 bits per heavy atom. The highest BCUT2D eigenvalue weighted by Gasteiger charge is 2.28. The highest BCUT2D eigenvalue weighted by atomic mass is 32.2. The number of rotatable bonds is 9. The molecule has 1 unspecified atom stereocenters. The van der Waals surface area contributed by atoms with Gasteiger partial charge in [0, 0.05) is 0 Å². The average molecular weight is 455 g/mol. The number of nitrogen functional groups attached to an aromatic ring is 1. The van der Waals surface area contributed by atoms with Crippen molar-refractivity contribution in [3.63, 3.8) is 0 Å². The van der Waals surface area contributed by atoms with Crippen LogP contribution in [0.4, 0.5) is 11.8 Å². The third-order valence-electron chi connectivity index (χ3n) is 4.46. The smallest absolute Gasteiger partial charge is 0.343 e. The highest BCUT2D eigenvalue weighted by molar-refractivity contribution is 7.99. The van der Waals surface area contributed by atoms with Crippen molar-refractivity contribution in [2.75, 3.05) is 23.4 Å². The molecule has 0 aliphatic heterocycles. The Balaban J connectivity index is 1.99. The van der Waals surface area contributed by atoms with Crippen LogP contribution in [-0.2, 0) is 9.53 Å². The van der Waals surface area contributed by atoms with Crippen molar-refractivity contribution in [1.82, 2.24) is 24.5 Å². The molecular formula is C20H22N8O3S. The summed E-state index contributed by atoms with van der Waals surface area (Å²) in [5.41, 5.74) is 6.73. The number of carbonyl (C=O) groups is 2. The number of benzene rings is 1. The number of nitriles is 1. The SMILES string of the molecule is CCOC(=O)c1cnn(-c2ccccc2)c1NC(=O)C(CC)n1c(N)nnc1SCC#N. The van der Waals surface area contributed by atoms with Gasteiger partial charge in [-0.15, -0.1) is 10.2 Å². The van der Waals surface area contributed by atoms with Crippen LogP contribution in [0.2, 0.25) is 0 Å². The summed E-state index contributed by atoms with van der Waals surface area (Å²) in [5.74, 6) is -0.692. The average Bonchev–Trinajstić information content (AvgIpc) is 3.37. The van der Waals surface area contributed by atoms with Crippen LogP contribution in [0.15, 0.2) is 41.7 Å². The van der Waals surface area contributed by atoms with Crippen LogP contribution in [0.25, 0.3) is 5.69 Å². The molecule has 0 spiro atoms. The van der Waals surface area contributed by atoms with Crippen LogP contribution in [0, 0.1) is 11.3 Å². The fourth-order valence-corrected chi connectivity index (χ4v) is 3.71. The van der Waals surface area contributed by atoms with Gasteiger partial charge in [-0.05, 0) is 25.5 Å². The summed E-state index contributed by atoms with van der Waals surface area (Å²) < 4.78 is 8.05. The Morgan fingerprint density at radius 2 is 2.03 bits per heavy atom. The Morgan fingerprint density at radius 3 is 2.69 bits per heavy atom. The minimum Gasteiger partial charge on any atom is -0.462 e. The number of aromatic nitrogens is 5. The molecule has 12 heteroatoms. The van der Waals surface area contributed by atoms with Crippen molar-refractivity contribution in [1.29, 1.82) is 5.26 Å². The Bertz CT molecular complexity index is 1140. The lowest BCUT2D eigenvalue weighted by Crippen LogP contribution is -2.29. The van der Waals surface area contributed by atoms with Crippen LogP contribution in [0.3, 0.4) is 0 Å². The van der Waals surface area contributed by atoms with E-state index in [0.29, 0.717) is 17.3 Å². The highest BCUT2D eigenvalue weighted by Crippen LogP contribution is 2.27. The minimum atomic E-state index is -0.777. The van der Waals surface area contributed by atoms with Crippen LogP contribution in [0.5, 0.6) is 0 Å². The molecule has 0 bridgehead atoms. The molecule has 1 amide bonds. The summed E-state index contributed by atoms with van der Waals surface area (Å²) in [7, 11) is 0. The summed E-state index contributed by atoms with van der Waals surface area (Å²) in [6.45, 7) is 3.68. The standard InChI is InChI=1S/C20H22N8O3S/c1-3-15(27-19(22)25-26-20(27)32-11-10-21)17(29)24-16-14(18(30)31-4-2)12-23-28(16)13-8-6-5-7-9-13/h5-9,12,15H,3-4,11H2,1-2H3,(H2,22,25)(H,24,29). The molecular weight excluding hydrogens is 432 g/mol. The van der Waals surface area contributed by atoms with Gasteiger partial charge in [0.2, 0.25) is 11.9 Å². The van der Waals surface area contributed by atoms with E-state index in [-0.39, 0.29) is 29.7 Å². The second-order valence-electron chi connectivity index (χ2n) is 6.45. The fourth-order valence-electron chi connectivity index (χ4n) is 3.05. The number of amides is 1. The molecule has 0 saturated carbocycles. The van der Waals surface area contributed by atoms with Crippen LogP contribution in [-0.4, -0.2) is 48.8 Å². The lowest BCUT2D eigenvalue weighted by Gasteiger charge is -2.19. The van der Waals surface area contributed by atoms with Gasteiger partial charge in [0.1, 0.15) is 11.6 Å². The lowest BCUT2D eigenvalue weighted by atomic mass is 10.2. The number of nitrogens with one attached hydrogen (secondary N) is 1. The Labute approximate surface area is 188 Å². The normalized spacial score (nSPS) is 11.5. The number of nitrogens with zero attached hydrogens (tertiary/aromatic N) is 6. The molecule has 0 radical (unpaired) electrons. The van der Waals surface area contributed by atoms with Crippen LogP contribution < -0.4 is 11.1 Å². The summed E-state index contributed by atoms with van der Waals surface area (Å²) in [4.78, 5) is 25.8. The molecule has 1 atom stereocenters. The van der Waals surface area contributed by atoms with E-state index in [2.05, 4.69) is 20.6 Å². The molecule has 0 aliphatic rings. The minimum absolute atomic E-state index is 0.0506.